The van der Waals surface area contributed by atoms with Crippen LogP contribution in [0.4, 0.5) is 4.39 Å². The van der Waals surface area contributed by atoms with Gasteiger partial charge in [-0.25, -0.2) is 4.39 Å². The van der Waals surface area contributed by atoms with Gasteiger partial charge in [0.15, 0.2) is 0 Å². The van der Waals surface area contributed by atoms with Crippen LogP contribution in [-0.4, -0.2) is 18.9 Å². The Labute approximate surface area is 47.8 Å². The number of hydrogen-bond donors (Lipinski definition) is 0. The van der Waals surface area contributed by atoms with Gasteiger partial charge in [-0.3, -0.25) is 0 Å². The molecule has 44 valence electrons. The largest absolute Gasteiger partial charge is 0.372 e. The maximum atomic E-state index is 12.6. The van der Waals surface area contributed by atoms with Gasteiger partial charge in [0.05, 0.1) is 13.2 Å². The summed E-state index contributed by atoms with van der Waals surface area (Å²) >= 11 is 0. The highest BCUT2D eigenvalue weighted by molar-refractivity contribution is 5.16. The van der Waals surface area contributed by atoms with Gasteiger partial charge in [0, 0.05) is 0 Å². The van der Waals surface area contributed by atoms with Crippen molar-refractivity contribution in [2.45, 2.75) is 12.6 Å². The van der Waals surface area contributed by atoms with Gasteiger partial charge in [-0.2, -0.15) is 0 Å². The minimum atomic E-state index is -1.31. The number of alkyl halides is 1. The molecule has 0 aromatic heterocycles. The zero-order valence-electron chi connectivity index (χ0n) is 4.70. The van der Waals surface area contributed by atoms with Gasteiger partial charge >= 0.3 is 0 Å². The second-order valence-corrected chi connectivity index (χ2v) is 1.83. The molecule has 0 saturated carbocycles. The van der Waals surface area contributed by atoms with E-state index in [9.17, 15) is 4.39 Å². The van der Waals surface area contributed by atoms with Crippen molar-refractivity contribution in [3.05, 3.63) is 0 Å². The van der Waals surface area contributed by atoms with Crippen molar-refractivity contribution >= 4 is 0 Å². The van der Waals surface area contributed by atoms with Crippen molar-refractivity contribution in [1.82, 2.24) is 0 Å². The van der Waals surface area contributed by atoms with Crippen LogP contribution in [0.25, 0.3) is 0 Å². The first-order valence-electron chi connectivity index (χ1n) is 2.47. The third-order valence-electron chi connectivity index (χ3n) is 1.01. The van der Waals surface area contributed by atoms with Gasteiger partial charge in [-0.1, -0.05) is 5.92 Å². The van der Waals surface area contributed by atoms with E-state index in [1.807, 2.05) is 0 Å². The Balaban J connectivity index is 2.49. The number of halogens is 1. The highest BCUT2D eigenvalue weighted by Gasteiger charge is 2.36. The van der Waals surface area contributed by atoms with E-state index in [0.29, 0.717) is 0 Å². The zero-order chi connectivity index (χ0) is 6.04. The summed E-state index contributed by atoms with van der Waals surface area (Å²) in [4.78, 5) is 0. The van der Waals surface area contributed by atoms with Crippen LogP contribution >= 0.6 is 0 Å². The molecule has 0 atom stereocenters. The van der Waals surface area contributed by atoms with E-state index < -0.39 is 5.67 Å². The number of rotatable bonds is 0. The van der Waals surface area contributed by atoms with Gasteiger partial charge in [-0.05, 0) is 6.92 Å². The van der Waals surface area contributed by atoms with Gasteiger partial charge in [-0.15, -0.1) is 5.92 Å². The Hall–Kier alpha value is -0.550. The van der Waals surface area contributed by atoms with Crippen LogP contribution < -0.4 is 0 Å². The van der Waals surface area contributed by atoms with Crippen molar-refractivity contribution in [2.75, 3.05) is 13.2 Å². The molecule has 1 rings (SSSR count). The molecule has 1 heterocycles. The molecule has 0 N–H and O–H groups in total. The lowest BCUT2D eigenvalue weighted by atomic mass is 10.1. The first kappa shape index (κ1) is 5.58. The van der Waals surface area contributed by atoms with E-state index in [1.165, 1.54) is 0 Å². The molecular formula is C6H7FO. The molecule has 0 bridgehead atoms. The zero-order valence-corrected chi connectivity index (χ0v) is 4.70. The Kier molecular flexibility index (Phi) is 1.22. The average molecular weight is 114 g/mol. The maximum Gasteiger partial charge on any atom is 0.216 e. The topological polar surface area (TPSA) is 9.23 Å². The quantitative estimate of drug-likeness (QED) is 0.422. The minimum absolute atomic E-state index is 0.147. The van der Waals surface area contributed by atoms with Crippen LogP contribution in [0.5, 0.6) is 0 Å². The van der Waals surface area contributed by atoms with Crippen LogP contribution in [0.2, 0.25) is 0 Å². The fraction of sp³-hybridized carbons (Fsp3) is 0.667. The van der Waals surface area contributed by atoms with Crippen molar-refractivity contribution in [1.29, 1.82) is 0 Å². The van der Waals surface area contributed by atoms with Crippen LogP contribution in [0.15, 0.2) is 0 Å². The van der Waals surface area contributed by atoms with E-state index in [4.69, 9.17) is 0 Å². The van der Waals surface area contributed by atoms with E-state index in [2.05, 4.69) is 16.6 Å². The molecule has 0 radical (unpaired) electrons. The molecule has 0 aliphatic carbocycles. The summed E-state index contributed by atoms with van der Waals surface area (Å²) in [5.41, 5.74) is -1.31. The average Bonchev–Trinajstić information content (AvgIpc) is 1.64. The maximum absolute atomic E-state index is 12.6. The van der Waals surface area contributed by atoms with Gasteiger partial charge < -0.3 is 4.74 Å². The lowest BCUT2D eigenvalue weighted by Crippen LogP contribution is -2.43. The number of ether oxygens (including phenoxy) is 1. The van der Waals surface area contributed by atoms with E-state index in [0.717, 1.165) is 0 Å². The monoisotopic (exact) mass is 114 g/mol. The van der Waals surface area contributed by atoms with Gasteiger partial charge in [0.2, 0.25) is 5.67 Å². The predicted molar refractivity (Wildman–Crippen MR) is 28.1 cm³/mol. The molecule has 8 heavy (non-hydrogen) atoms. The Morgan fingerprint density at radius 1 is 1.62 bits per heavy atom. The minimum Gasteiger partial charge on any atom is -0.372 e. The Bertz CT molecular complexity index is 138. The molecule has 0 amide bonds. The van der Waals surface area contributed by atoms with Gasteiger partial charge in [0.1, 0.15) is 0 Å². The first-order chi connectivity index (χ1) is 3.77. The standard InChI is InChI=1S/C6H7FO/c1-2-3-6(7)4-8-5-6/h4-5H2,1H3. The van der Waals surface area contributed by atoms with Crippen molar-refractivity contribution in [3.63, 3.8) is 0 Å². The summed E-state index contributed by atoms with van der Waals surface area (Å²) in [6, 6.07) is 0. The van der Waals surface area contributed by atoms with Crippen LogP contribution in [0.3, 0.4) is 0 Å². The second-order valence-electron chi connectivity index (χ2n) is 1.83. The van der Waals surface area contributed by atoms with E-state index in [-0.39, 0.29) is 13.2 Å². The molecular weight excluding hydrogens is 107 g/mol. The Morgan fingerprint density at radius 3 is 2.38 bits per heavy atom. The molecule has 1 aliphatic heterocycles. The molecule has 1 fully saturated rings. The molecule has 1 saturated heterocycles. The smallest absolute Gasteiger partial charge is 0.216 e. The molecule has 2 heteroatoms. The highest BCUT2D eigenvalue weighted by atomic mass is 19.1. The van der Waals surface area contributed by atoms with Gasteiger partial charge in [0.25, 0.3) is 0 Å². The van der Waals surface area contributed by atoms with Crippen LogP contribution in [-0.2, 0) is 4.74 Å². The predicted octanol–water partition coefficient (Wildman–Crippen LogP) is 0.748. The molecule has 0 spiro atoms. The fourth-order valence-electron chi connectivity index (χ4n) is 0.577. The Morgan fingerprint density at radius 2 is 2.25 bits per heavy atom. The molecule has 1 nitrogen and oxygen atoms in total. The normalized spacial score (nSPS) is 22.8. The summed E-state index contributed by atoms with van der Waals surface area (Å²) in [7, 11) is 0. The summed E-state index contributed by atoms with van der Waals surface area (Å²) in [6.07, 6.45) is 0. The lowest BCUT2D eigenvalue weighted by Gasteiger charge is -2.28. The summed E-state index contributed by atoms with van der Waals surface area (Å²) in [5, 5.41) is 0. The van der Waals surface area contributed by atoms with E-state index >= 15 is 0 Å². The van der Waals surface area contributed by atoms with Crippen molar-refractivity contribution in [2.24, 2.45) is 0 Å². The van der Waals surface area contributed by atoms with Crippen molar-refractivity contribution in [3.8, 4) is 11.8 Å². The van der Waals surface area contributed by atoms with Crippen molar-refractivity contribution < 1.29 is 9.13 Å². The lowest BCUT2D eigenvalue weighted by molar-refractivity contribution is -0.0934. The molecule has 0 aromatic carbocycles. The first-order valence-corrected chi connectivity index (χ1v) is 2.47. The summed E-state index contributed by atoms with van der Waals surface area (Å²) in [5.74, 6) is 4.92. The van der Waals surface area contributed by atoms with Crippen LogP contribution in [0.1, 0.15) is 6.92 Å². The molecule has 0 aromatic rings. The molecule has 1 aliphatic rings. The third-order valence-corrected chi connectivity index (χ3v) is 1.01. The molecule has 0 unspecified atom stereocenters. The summed E-state index contributed by atoms with van der Waals surface area (Å²) in [6.45, 7) is 1.92. The second kappa shape index (κ2) is 1.75. The van der Waals surface area contributed by atoms with E-state index in [1.54, 1.807) is 6.92 Å². The van der Waals surface area contributed by atoms with Crippen LogP contribution in [0, 0.1) is 11.8 Å². The SMILES string of the molecule is CC#CC1(F)COC1. The fourth-order valence-corrected chi connectivity index (χ4v) is 0.577. The third kappa shape index (κ3) is 0.823. The highest BCUT2D eigenvalue weighted by Crippen LogP contribution is 2.19. The summed E-state index contributed by atoms with van der Waals surface area (Å²) < 4.78 is 17.2. The number of hydrogen-bond acceptors (Lipinski definition) is 1.